The van der Waals surface area contributed by atoms with Crippen molar-refractivity contribution in [3.63, 3.8) is 0 Å². The third-order valence-electron chi connectivity index (χ3n) is 1.60. The minimum Gasteiger partial charge on any atom is -0.402 e. The number of nitrogens with two attached hydrogens (primary N) is 1. The molecule has 1 fully saturated rings. The average Bonchev–Trinajstić information content (AvgIpc) is 1.55. The first kappa shape index (κ1) is 7.28. The van der Waals surface area contributed by atoms with Crippen molar-refractivity contribution in [1.29, 1.82) is 5.41 Å². The van der Waals surface area contributed by atoms with Gasteiger partial charge in [-0.3, -0.25) is 0 Å². The van der Waals surface area contributed by atoms with Gasteiger partial charge in [0.05, 0.1) is 0 Å². The lowest BCUT2D eigenvalue weighted by molar-refractivity contribution is 0.443. The Labute approximate surface area is 60.8 Å². The van der Waals surface area contributed by atoms with Crippen molar-refractivity contribution < 1.29 is 0 Å². The zero-order valence-corrected chi connectivity index (χ0v) is 6.15. The Kier molecular flexibility index (Phi) is 2.06. The number of rotatable bonds is 2. The predicted molar refractivity (Wildman–Crippen MR) is 42.0 cm³/mol. The molecule has 1 rings (SSSR count). The summed E-state index contributed by atoms with van der Waals surface area (Å²) in [6.45, 7) is 3.67. The van der Waals surface area contributed by atoms with Crippen LogP contribution in [0.5, 0.6) is 0 Å². The average molecular weight is 139 g/mol. The van der Waals surface area contributed by atoms with E-state index in [-0.39, 0.29) is 0 Å². The van der Waals surface area contributed by atoms with Crippen LogP contribution in [0.25, 0.3) is 0 Å². The molecule has 1 aliphatic rings. The van der Waals surface area contributed by atoms with Gasteiger partial charge in [0.15, 0.2) is 0 Å². The van der Waals surface area contributed by atoms with Gasteiger partial charge >= 0.3 is 0 Å². The highest BCUT2D eigenvalue weighted by molar-refractivity contribution is 5.95. The standard InChI is InChI=1S/C7H13N3/c1-5(8)2-7(9)6-3-10-4-6/h2,6,9-10H,3-4,8H2,1H3/b5-2-,9-7?. The van der Waals surface area contributed by atoms with Crippen molar-refractivity contribution >= 4 is 5.71 Å². The van der Waals surface area contributed by atoms with Crippen LogP contribution in [0.1, 0.15) is 6.92 Å². The van der Waals surface area contributed by atoms with Crippen LogP contribution in [0, 0.1) is 11.3 Å². The van der Waals surface area contributed by atoms with Gasteiger partial charge in [0.1, 0.15) is 0 Å². The molecule has 56 valence electrons. The quantitative estimate of drug-likeness (QED) is 0.475. The summed E-state index contributed by atoms with van der Waals surface area (Å²) in [5.74, 6) is 0.401. The molecule has 0 aromatic rings. The molecule has 0 aliphatic carbocycles. The molecule has 4 N–H and O–H groups in total. The molecular formula is C7H13N3. The normalized spacial score (nSPS) is 20.3. The molecule has 1 heterocycles. The van der Waals surface area contributed by atoms with Gasteiger partial charge in [0.25, 0.3) is 0 Å². The van der Waals surface area contributed by atoms with Crippen molar-refractivity contribution in [2.75, 3.05) is 13.1 Å². The van der Waals surface area contributed by atoms with E-state index in [1.807, 2.05) is 0 Å². The molecule has 10 heavy (non-hydrogen) atoms. The Bertz CT molecular complexity index is 164. The minimum atomic E-state index is 0.401. The van der Waals surface area contributed by atoms with Crippen LogP contribution < -0.4 is 11.1 Å². The fourth-order valence-corrected chi connectivity index (χ4v) is 0.872. The van der Waals surface area contributed by atoms with Crippen LogP contribution in [0.4, 0.5) is 0 Å². The first-order valence-corrected chi connectivity index (χ1v) is 3.43. The van der Waals surface area contributed by atoms with Crippen LogP contribution in [0.3, 0.4) is 0 Å². The molecule has 0 radical (unpaired) electrons. The first-order chi connectivity index (χ1) is 4.70. The van der Waals surface area contributed by atoms with Crippen molar-refractivity contribution in [1.82, 2.24) is 5.32 Å². The maximum Gasteiger partial charge on any atom is 0.0387 e. The van der Waals surface area contributed by atoms with E-state index in [1.165, 1.54) is 0 Å². The zero-order chi connectivity index (χ0) is 7.56. The molecule has 0 amide bonds. The summed E-state index contributed by atoms with van der Waals surface area (Å²) in [6.07, 6.45) is 1.73. The maximum atomic E-state index is 7.48. The zero-order valence-electron chi connectivity index (χ0n) is 6.15. The van der Waals surface area contributed by atoms with Crippen molar-refractivity contribution in [2.24, 2.45) is 11.7 Å². The Morgan fingerprint density at radius 2 is 2.30 bits per heavy atom. The molecule has 0 spiro atoms. The molecule has 0 aromatic carbocycles. The molecule has 0 bridgehead atoms. The summed E-state index contributed by atoms with van der Waals surface area (Å²) in [5.41, 5.74) is 6.78. The Morgan fingerprint density at radius 3 is 2.60 bits per heavy atom. The highest BCUT2D eigenvalue weighted by Gasteiger charge is 2.19. The van der Waals surface area contributed by atoms with Gasteiger partial charge in [0.2, 0.25) is 0 Å². The summed E-state index contributed by atoms with van der Waals surface area (Å²) in [4.78, 5) is 0. The molecule has 3 heteroatoms. The molecule has 1 aliphatic heterocycles. The van der Waals surface area contributed by atoms with Gasteiger partial charge in [-0.05, 0) is 13.0 Å². The van der Waals surface area contributed by atoms with E-state index < -0.39 is 0 Å². The molecular weight excluding hydrogens is 126 g/mol. The Hall–Kier alpha value is -0.830. The second-order valence-electron chi connectivity index (χ2n) is 2.70. The van der Waals surface area contributed by atoms with Gasteiger partial charge in [-0.2, -0.15) is 0 Å². The number of hydrogen-bond acceptors (Lipinski definition) is 3. The van der Waals surface area contributed by atoms with E-state index in [0.29, 0.717) is 11.6 Å². The molecule has 0 unspecified atom stereocenters. The first-order valence-electron chi connectivity index (χ1n) is 3.43. The van der Waals surface area contributed by atoms with Crippen LogP contribution >= 0.6 is 0 Å². The van der Waals surface area contributed by atoms with E-state index in [9.17, 15) is 0 Å². The topological polar surface area (TPSA) is 61.9 Å². The molecule has 0 atom stereocenters. The molecule has 0 saturated carbocycles. The minimum absolute atomic E-state index is 0.401. The fourth-order valence-electron chi connectivity index (χ4n) is 0.872. The lowest BCUT2D eigenvalue weighted by atomic mass is 9.97. The number of nitrogens with one attached hydrogen (secondary N) is 2. The Morgan fingerprint density at radius 1 is 1.70 bits per heavy atom. The van der Waals surface area contributed by atoms with E-state index in [0.717, 1.165) is 18.8 Å². The van der Waals surface area contributed by atoms with Gasteiger partial charge < -0.3 is 16.5 Å². The summed E-state index contributed by atoms with van der Waals surface area (Å²) in [6, 6.07) is 0. The second kappa shape index (κ2) is 2.84. The van der Waals surface area contributed by atoms with Crippen molar-refractivity contribution in [2.45, 2.75) is 6.92 Å². The summed E-state index contributed by atoms with van der Waals surface area (Å²) in [7, 11) is 0. The SMILES string of the molecule is C/C(N)=C/C(=N)C1CNC1. The van der Waals surface area contributed by atoms with E-state index in [4.69, 9.17) is 11.1 Å². The molecule has 0 aromatic heterocycles. The van der Waals surface area contributed by atoms with E-state index in [1.54, 1.807) is 13.0 Å². The van der Waals surface area contributed by atoms with Crippen LogP contribution in [0.15, 0.2) is 11.8 Å². The highest BCUT2D eigenvalue weighted by Crippen LogP contribution is 2.05. The summed E-state index contributed by atoms with van der Waals surface area (Å²) in [5, 5.41) is 10.6. The van der Waals surface area contributed by atoms with Gasteiger partial charge in [0, 0.05) is 30.4 Å². The lowest BCUT2D eigenvalue weighted by Gasteiger charge is -2.26. The monoisotopic (exact) mass is 139 g/mol. The van der Waals surface area contributed by atoms with Gasteiger partial charge in [-0.15, -0.1) is 0 Å². The third-order valence-corrected chi connectivity index (χ3v) is 1.60. The Balaban J connectivity index is 2.41. The maximum absolute atomic E-state index is 7.48. The third kappa shape index (κ3) is 1.57. The number of hydrogen-bond donors (Lipinski definition) is 3. The van der Waals surface area contributed by atoms with Crippen molar-refractivity contribution in [3.05, 3.63) is 11.8 Å². The molecule has 1 saturated heterocycles. The lowest BCUT2D eigenvalue weighted by Crippen LogP contribution is -2.45. The predicted octanol–water partition coefficient (Wildman–Crippen LogP) is 0.0881. The van der Waals surface area contributed by atoms with Gasteiger partial charge in [-0.1, -0.05) is 0 Å². The van der Waals surface area contributed by atoms with E-state index in [2.05, 4.69) is 5.32 Å². The smallest absolute Gasteiger partial charge is 0.0387 e. The second-order valence-corrected chi connectivity index (χ2v) is 2.70. The largest absolute Gasteiger partial charge is 0.402 e. The van der Waals surface area contributed by atoms with Crippen LogP contribution in [0.2, 0.25) is 0 Å². The summed E-state index contributed by atoms with van der Waals surface area (Å²) < 4.78 is 0. The highest BCUT2D eigenvalue weighted by atomic mass is 15.0. The molecule has 3 nitrogen and oxygen atoms in total. The van der Waals surface area contributed by atoms with Crippen LogP contribution in [-0.4, -0.2) is 18.8 Å². The fraction of sp³-hybridized carbons (Fsp3) is 0.571. The van der Waals surface area contributed by atoms with E-state index >= 15 is 0 Å². The van der Waals surface area contributed by atoms with Crippen LogP contribution in [-0.2, 0) is 0 Å². The van der Waals surface area contributed by atoms with Gasteiger partial charge in [-0.25, -0.2) is 0 Å². The number of allylic oxidation sites excluding steroid dienone is 2. The van der Waals surface area contributed by atoms with Crippen molar-refractivity contribution in [3.8, 4) is 0 Å². The summed E-state index contributed by atoms with van der Waals surface area (Å²) >= 11 is 0.